The number of nitrogens with zero attached hydrogens (tertiary/aromatic N) is 3. The van der Waals surface area contributed by atoms with Crippen LogP contribution in [0.15, 0.2) is 36.0 Å². The largest absolute Gasteiger partial charge is 0.264 e. The maximum Gasteiger partial charge on any atom is 0.222 e. The lowest BCUT2D eigenvalue weighted by Crippen LogP contribution is -2.37. The monoisotopic (exact) mass is 313 g/mol. The summed E-state index contributed by atoms with van der Waals surface area (Å²) in [6.07, 6.45) is 5.77. The van der Waals surface area contributed by atoms with E-state index in [2.05, 4.69) is 5.10 Å². The third-order valence-electron chi connectivity index (χ3n) is 5.24. The van der Waals surface area contributed by atoms with Crippen molar-refractivity contribution in [3.63, 3.8) is 0 Å². The number of aromatic nitrogens is 2. The van der Waals surface area contributed by atoms with Gasteiger partial charge in [0.25, 0.3) is 0 Å². The molecule has 2 aliphatic rings. The summed E-state index contributed by atoms with van der Waals surface area (Å²) in [6.45, 7) is 1.98. The average molecular weight is 313 g/mol. The molecule has 4 rings (SSSR count). The van der Waals surface area contributed by atoms with E-state index in [1.165, 1.54) is 12.1 Å². The third kappa shape index (κ3) is 2.01. The second-order valence-corrected chi connectivity index (χ2v) is 6.55. The van der Waals surface area contributed by atoms with Crippen molar-refractivity contribution in [2.75, 3.05) is 0 Å². The Kier molecular flexibility index (Phi) is 2.91. The van der Waals surface area contributed by atoms with Gasteiger partial charge in [0, 0.05) is 11.3 Å². The Hall–Kier alpha value is -2.50. The quantitative estimate of drug-likeness (QED) is 0.630. The molecule has 2 aliphatic carbocycles. The number of benzene rings is 1. The maximum absolute atomic E-state index is 13.1. The van der Waals surface area contributed by atoms with E-state index in [9.17, 15) is 14.5 Å². The van der Waals surface area contributed by atoms with Crippen molar-refractivity contribution >= 4 is 6.08 Å². The minimum absolute atomic E-state index is 0.143. The maximum atomic E-state index is 13.1. The number of nitro groups is 1. The lowest BCUT2D eigenvalue weighted by atomic mass is 9.73. The van der Waals surface area contributed by atoms with Crippen molar-refractivity contribution in [3.05, 3.63) is 63.2 Å². The van der Waals surface area contributed by atoms with Gasteiger partial charge in [-0.25, -0.2) is 9.07 Å². The molecule has 0 saturated heterocycles. The zero-order valence-corrected chi connectivity index (χ0v) is 12.7. The van der Waals surface area contributed by atoms with Gasteiger partial charge in [-0.3, -0.25) is 10.1 Å². The van der Waals surface area contributed by atoms with Gasteiger partial charge in [0.1, 0.15) is 5.82 Å². The van der Waals surface area contributed by atoms with Crippen LogP contribution in [0.1, 0.15) is 31.0 Å². The molecule has 5 nitrogen and oxygen atoms in total. The van der Waals surface area contributed by atoms with Crippen LogP contribution in [0.5, 0.6) is 0 Å². The van der Waals surface area contributed by atoms with Crippen LogP contribution in [0, 0.1) is 21.3 Å². The van der Waals surface area contributed by atoms with E-state index in [1.807, 2.05) is 13.0 Å². The molecule has 2 aromatic rings. The van der Waals surface area contributed by atoms with Crippen LogP contribution in [0.4, 0.5) is 4.39 Å². The van der Waals surface area contributed by atoms with Gasteiger partial charge < -0.3 is 0 Å². The van der Waals surface area contributed by atoms with E-state index in [4.69, 9.17) is 0 Å². The molecule has 1 heterocycles. The number of hydrogen-bond acceptors (Lipinski definition) is 3. The van der Waals surface area contributed by atoms with Gasteiger partial charge in [-0.1, -0.05) is 5.57 Å². The molecule has 1 aromatic carbocycles. The summed E-state index contributed by atoms with van der Waals surface area (Å²) < 4.78 is 14.9. The molecular weight excluding hydrogens is 297 g/mol. The number of hydrogen-bond donors (Lipinski definition) is 0. The minimum Gasteiger partial charge on any atom is -0.264 e. The number of fused-ring (bicyclic) bond motifs is 2. The predicted molar refractivity (Wildman–Crippen MR) is 83.3 cm³/mol. The fraction of sp³-hybridized carbons (Fsp3) is 0.353. The highest BCUT2D eigenvalue weighted by molar-refractivity contribution is 5.62. The van der Waals surface area contributed by atoms with Gasteiger partial charge in [0.2, 0.25) is 6.04 Å². The molecule has 0 radical (unpaired) electrons. The zero-order valence-electron chi connectivity index (χ0n) is 12.7. The summed E-state index contributed by atoms with van der Waals surface area (Å²) >= 11 is 0. The van der Waals surface area contributed by atoms with Crippen molar-refractivity contribution < 1.29 is 9.31 Å². The third-order valence-corrected chi connectivity index (χ3v) is 5.24. The Morgan fingerprint density at radius 2 is 2.13 bits per heavy atom. The highest BCUT2D eigenvalue weighted by atomic mass is 19.1. The van der Waals surface area contributed by atoms with Crippen molar-refractivity contribution in [1.29, 1.82) is 0 Å². The van der Waals surface area contributed by atoms with Gasteiger partial charge in [0.05, 0.1) is 23.0 Å². The van der Waals surface area contributed by atoms with Crippen LogP contribution < -0.4 is 0 Å². The van der Waals surface area contributed by atoms with Crippen LogP contribution in [0.2, 0.25) is 0 Å². The molecule has 118 valence electrons. The standard InChI is InChI=1S/C17H16FN3O2/c1-17-9-11-10-19-20(14-5-3-13(18)4-6-14)15(11)8-12(17)2-7-16(17)21(22)23/h3-6,8,10,16H,2,7,9H2,1H3/t16-,17-/m0/s1. The summed E-state index contributed by atoms with van der Waals surface area (Å²) in [6, 6.07) is 5.65. The van der Waals surface area contributed by atoms with E-state index >= 15 is 0 Å². The highest BCUT2D eigenvalue weighted by Crippen LogP contribution is 2.50. The Morgan fingerprint density at radius 3 is 2.83 bits per heavy atom. The van der Waals surface area contributed by atoms with E-state index in [-0.39, 0.29) is 10.7 Å². The van der Waals surface area contributed by atoms with E-state index in [1.54, 1.807) is 23.0 Å². The van der Waals surface area contributed by atoms with Crippen LogP contribution in [-0.2, 0) is 6.42 Å². The Bertz CT molecular complexity index is 825. The Balaban J connectivity index is 1.79. The van der Waals surface area contributed by atoms with E-state index in [0.29, 0.717) is 12.8 Å². The van der Waals surface area contributed by atoms with Gasteiger partial charge in [0.15, 0.2) is 0 Å². The van der Waals surface area contributed by atoms with Gasteiger partial charge in [-0.15, -0.1) is 0 Å². The first-order valence-electron chi connectivity index (χ1n) is 7.66. The van der Waals surface area contributed by atoms with Crippen molar-refractivity contribution in [1.82, 2.24) is 9.78 Å². The molecule has 6 heteroatoms. The predicted octanol–water partition coefficient (Wildman–Crippen LogP) is 3.40. The molecule has 1 saturated carbocycles. The zero-order chi connectivity index (χ0) is 16.2. The van der Waals surface area contributed by atoms with E-state index < -0.39 is 11.5 Å². The first-order valence-corrected chi connectivity index (χ1v) is 7.66. The smallest absolute Gasteiger partial charge is 0.222 e. The number of halogens is 1. The van der Waals surface area contributed by atoms with Crippen LogP contribution in [0.25, 0.3) is 11.8 Å². The first-order chi connectivity index (χ1) is 11.0. The summed E-state index contributed by atoms with van der Waals surface area (Å²) in [5.74, 6) is -0.287. The lowest BCUT2D eigenvalue weighted by molar-refractivity contribution is -0.535. The molecule has 0 aliphatic heterocycles. The number of rotatable bonds is 2. The lowest BCUT2D eigenvalue weighted by Gasteiger charge is -2.30. The minimum atomic E-state index is -0.531. The molecule has 1 fully saturated rings. The molecule has 0 spiro atoms. The van der Waals surface area contributed by atoms with Gasteiger partial charge in [-0.2, -0.15) is 5.10 Å². The molecular formula is C17H16FN3O2. The summed E-state index contributed by atoms with van der Waals surface area (Å²) in [7, 11) is 0. The van der Waals surface area contributed by atoms with Gasteiger partial charge >= 0.3 is 0 Å². The summed E-state index contributed by atoms with van der Waals surface area (Å²) in [5, 5.41) is 15.8. The average Bonchev–Trinajstić information content (AvgIpc) is 3.05. The molecule has 2 atom stereocenters. The van der Waals surface area contributed by atoms with Crippen LogP contribution in [-0.4, -0.2) is 20.7 Å². The second-order valence-electron chi connectivity index (χ2n) is 6.55. The fourth-order valence-corrected chi connectivity index (χ4v) is 3.95. The Morgan fingerprint density at radius 1 is 1.39 bits per heavy atom. The highest BCUT2D eigenvalue weighted by Gasteiger charge is 2.52. The van der Waals surface area contributed by atoms with Crippen molar-refractivity contribution in [2.24, 2.45) is 5.41 Å². The molecule has 0 unspecified atom stereocenters. The second kappa shape index (κ2) is 4.75. The van der Waals surface area contributed by atoms with E-state index in [0.717, 1.165) is 28.9 Å². The van der Waals surface area contributed by atoms with Crippen molar-refractivity contribution in [3.8, 4) is 5.69 Å². The van der Waals surface area contributed by atoms with Gasteiger partial charge in [-0.05, 0) is 55.7 Å². The SMILES string of the molecule is C[C@]12Cc3cnn(-c4ccc(F)cc4)c3C=C1CC[C@@H]2[N+](=O)[O-]. The van der Waals surface area contributed by atoms with Crippen molar-refractivity contribution in [2.45, 2.75) is 32.2 Å². The topological polar surface area (TPSA) is 61.0 Å². The molecule has 0 N–H and O–H groups in total. The Labute approximate surface area is 132 Å². The molecule has 1 aromatic heterocycles. The molecule has 0 amide bonds. The molecule has 0 bridgehead atoms. The summed E-state index contributed by atoms with van der Waals surface area (Å²) in [4.78, 5) is 11.2. The first kappa shape index (κ1) is 14.1. The van der Waals surface area contributed by atoms with Crippen LogP contribution in [0.3, 0.4) is 0 Å². The summed E-state index contributed by atoms with van der Waals surface area (Å²) in [5.41, 5.74) is 3.45. The normalized spacial score (nSPS) is 25.7. The fourth-order valence-electron chi connectivity index (χ4n) is 3.95. The molecule has 23 heavy (non-hydrogen) atoms. The van der Waals surface area contributed by atoms with Crippen LogP contribution >= 0.6 is 0 Å².